The summed E-state index contributed by atoms with van der Waals surface area (Å²) in [7, 11) is -0.748. The summed E-state index contributed by atoms with van der Waals surface area (Å²) >= 11 is 0. The lowest BCUT2D eigenvalue weighted by Gasteiger charge is -2.21. The number of benzene rings is 1. The van der Waals surface area contributed by atoms with Crippen LogP contribution in [0.1, 0.15) is 10.4 Å². The smallest absolute Gasteiger partial charge is 0.254 e. The Morgan fingerprint density at radius 2 is 1.83 bits per heavy atom. The van der Waals surface area contributed by atoms with Crippen molar-refractivity contribution < 1.29 is 31.1 Å². The zero-order chi connectivity index (χ0) is 18.1. The minimum Gasteiger partial charge on any atom is -0.379 e. The average molecular weight is 366 g/mol. The first-order chi connectivity index (χ1) is 11.1. The molecule has 10 heteroatoms. The summed E-state index contributed by atoms with van der Waals surface area (Å²) in [6.07, 6.45) is 0. The van der Waals surface area contributed by atoms with Crippen LogP contribution >= 0.6 is 0 Å². The summed E-state index contributed by atoms with van der Waals surface area (Å²) in [5, 5.41) is 2.42. The Labute approximate surface area is 137 Å². The van der Waals surface area contributed by atoms with E-state index < -0.39 is 50.9 Å². The van der Waals surface area contributed by atoms with Gasteiger partial charge in [-0.25, -0.2) is 25.9 Å². The molecule has 0 spiro atoms. The summed E-state index contributed by atoms with van der Waals surface area (Å²) < 4.78 is 69.8. The summed E-state index contributed by atoms with van der Waals surface area (Å²) in [5.74, 6) is -5.71. The Morgan fingerprint density at radius 3 is 2.46 bits per heavy atom. The number of carbonyl (C=O) groups is 1. The van der Waals surface area contributed by atoms with Gasteiger partial charge in [-0.3, -0.25) is 4.79 Å². The summed E-state index contributed by atoms with van der Waals surface area (Å²) in [5.41, 5.74) is -0.657. The van der Waals surface area contributed by atoms with Crippen LogP contribution in [0.15, 0.2) is 12.1 Å². The van der Waals surface area contributed by atoms with Crippen molar-refractivity contribution in [2.75, 3.05) is 33.1 Å². The molecule has 0 saturated carbocycles. The lowest BCUT2D eigenvalue weighted by atomic mass is 10.1. The molecule has 0 aromatic heterocycles. The molecule has 2 rings (SSSR count). The van der Waals surface area contributed by atoms with Gasteiger partial charge >= 0.3 is 0 Å². The largest absolute Gasteiger partial charge is 0.379 e. The molecule has 1 fully saturated rings. The molecular formula is C14H17F3N2O4S. The van der Waals surface area contributed by atoms with Crippen LogP contribution < -0.4 is 5.32 Å². The van der Waals surface area contributed by atoms with E-state index in [1.54, 1.807) is 0 Å². The second-order valence-corrected chi connectivity index (χ2v) is 7.91. The summed E-state index contributed by atoms with van der Waals surface area (Å²) in [6.45, 7) is 0.156. The first-order valence-corrected chi connectivity index (χ1v) is 8.66. The van der Waals surface area contributed by atoms with Crippen molar-refractivity contribution in [2.45, 2.75) is 6.04 Å². The maximum Gasteiger partial charge on any atom is 0.254 e. The van der Waals surface area contributed by atoms with Crippen LogP contribution in [0.4, 0.5) is 13.2 Å². The van der Waals surface area contributed by atoms with Gasteiger partial charge in [0.25, 0.3) is 5.91 Å². The lowest BCUT2D eigenvalue weighted by molar-refractivity contribution is 0.0921. The van der Waals surface area contributed by atoms with Gasteiger partial charge in [-0.15, -0.1) is 0 Å². The minimum atomic E-state index is -3.52. The third kappa shape index (κ3) is 4.05. The monoisotopic (exact) mass is 366 g/mol. The number of carbonyl (C=O) groups excluding carboxylic acids is 1. The third-order valence-corrected chi connectivity index (χ3v) is 5.71. The highest BCUT2D eigenvalue weighted by atomic mass is 32.2. The van der Waals surface area contributed by atoms with E-state index in [4.69, 9.17) is 4.74 Å². The Hall–Kier alpha value is -1.65. The van der Waals surface area contributed by atoms with E-state index in [0.717, 1.165) is 4.31 Å². The first kappa shape index (κ1) is 18.7. The Balaban J connectivity index is 2.12. The van der Waals surface area contributed by atoms with Crippen molar-refractivity contribution in [1.82, 2.24) is 9.62 Å². The van der Waals surface area contributed by atoms with Gasteiger partial charge in [0.2, 0.25) is 10.0 Å². The SMILES string of the molecule is CN(C)S(=O)(=O)C[C@@H]1COC[C@@H]1NC(=O)c1cc(F)c(F)cc1F. The second kappa shape index (κ2) is 7.08. The number of amides is 1. The highest BCUT2D eigenvalue weighted by molar-refractivity contribution is 7.89. The number of sulfonamides is 1. The van der Waals surface area contributed by atoms with Crippen molar-refractivity contribution in [1.29, 1.82) is 0 Å². The number of rotatable bonds is 5. The predicted molar refractivity (Wildman–Crippen MR) is 79.4 cm³/mol. The van der Waals surface area contributed by atoms with Gasteiger partial charge in [0, 0.05) is 26.1 Å². The van der Waals surface area contributed by atoms with Gasteiger partial charge in [0.05, 0.1) is 30.6 Å². The van der Waals surface area contributed by atoms with Crippen molar-refractivity contribution >= 4 is 15.9 Å². The molecule has 1 heterocycles. The van der Waals surface area contributed by atoms with Gasteiger partial charge < -0.3 is 10.1 Å². The normalized spacial score (nSPS) is 21.2. The van der Waals surface area contributed by atoms with Crippen LogP contribution in [0.3, 0.4) is 0 Å². The fraction of sp³-hybridized carbons (Fsp3) is 0.500. The number of nitrogens with zero attached hydrogens (tertiary/aromatic N) is 1. The quantitative estimate of drug-likeness (QED) is 0.780. The molecule has 1 aromatic rings. The number of nitrogens with one attached hydrogen (secondary N) is 1. The van der Waals surface area contributed by atoms with Gasteiger partial charge in [0.1, 0.15) is 5.82 Å². The topological polar surface area (TPSA) is 75.7 Å². The molecule has 1 aliphatic rings. The highest BCUT2D eigenvalue weighted by Crippen LogP contribution is 2.19. The van der Waals surface area contributed by atoms with Gasteiger partial charge in [0.15, 0.2) is 11.6 Å². The maximum absolute atomic E-state index is 13.6. The molecule has 2 atom stereocenters. The third-order valence-electron chi connectivity index (χ3n) is 3.75. The maximum atomic E-state index is 13.6. The molecule has 1 saturated heterocycles. The molecule has 6 nitrogen and oxygen atoms in total. The number of ether oxygens (including phenoxy) is 1. The van der Waals surface area contributed by atoms with Crippen LogP contribution in [-0.4, -0.2) is 57.7 Å². The van der Waals surface area contributed by atoms with E-state index >= 15 is 0 Å². The van der Waals surface area contributed by atoms with Crippen molar-refractivity contribution in [3.05, 3.63) is 35.1 Å². The lowest BCUT2D eigenvalue weighted by Crippen LogP contribution is -2.43. The van der Waals surface area contributed by atoms with Crippen molar-refractivity contribution in [3.63, 3.8) is 0 Å². The molecular weight excluding hydrogens is 349 g/mol. The van der Waals surface area contributed by atoms with E-state index in [-0.39, 0.29) is 25.0 Å². The Morgan fingerprint density at radius 1 is 1.21 bits per heavy atom. The van der Waals surface area contributed by atoms with Gasteiger partial charge in [-0.1, -0.05) is 0 Å². The highest BCUT2D eigenvalue weighted by Gasteiger charge is 2.34. The van der Waals surface area contributed by atoms with Crippen molar-refractivity contribution in [3.8, 4) is 0 Å². The fourth-order valence-corrected chi connectivity index (χ4v) is 3.45. The molecule has 0 radical (unpaired) electrons. The van der Waals surface area contributed by atoms with Crippen LogP contribution in [0.5, 0.6) is 0 Å². The number of hydrogen-bond acceptors (Lipinski definition) is 4. The van der Waals surface area contributed by atoms with E-state index in [1.807, 2.05) is 0 Å². The van der Waals surface area contributed by atoms with Crippen LogP contribution in [0.25, 0.3) is 0 Å². The zero-order valence-electron chi connectivity index (χ0n) is 13.1. The standard InChI is InChI=1S/C14H17F3N2O4S/c1-19(2)24(21,22)7-8-5-23-6-13(8)18-14(20)9-3-11(16)12(17)4-10(9)15/h3-4,8,13H,5-7H2,1-2H3,(H,18,20)/t8-,13-/m0/s1. The predicted octanol–water partition coefficient (Wildman–Crippen LogP) is 0.740. The fourth-order valence-electron chi connectivity index (χ4n) is 2.28. The summed E-state index contributed by atoms with van der Waals surface area (Å²) in [4.78, 5) is 12.1. The second-order valence-electron chi connectivity index (χ2n) is 5.68. The van der Waals surface area contributed by atoms with E-state index in [9.17, 15) is 26.4 Å². The number of halogens is 3. The number of hydrogen-bond donors (Lipinski definition) is 1. The molecule has 1 aromatic carbocycles. The van der Waals surface area contributed by atoms with E-state index in [0.29, 0.717) is 6.07 Å². The molecule has 1 amide bonds. The first-order valence-electron chi connectivity index (χ1n) is 7.05. The van der Waals surface area contributed by atoms with E-state index in [2.05, 4.69) is 5.32 Å². The Bertz CT molecular complexity index is 740. The molecule has 24 heavy (non-hydrogen) atoms. The molecule has 0 bridgehead atoms. The van der Waals surface area contributed by atoms with E-state index in [1.165, 1.54) is 14.1 Å². The van der Waals surface area contributed by atoms with Crippen LogP contribution in [0, 0.1) is 23.4 Å². The molecule has 134 valence electrons. The molecule has 0 unspecified atom stereocenters. The van der Waals surface area contributed by atoms with Gasteiger partial charge in [-0.2, -0.15) is 0 Å². The molecule has 1 N–H and O–H groups in total. The molecule has 1 aliphatic heterocycles. The average Bonchev–Trinajstić information content (AvgIpc) is 2.89. The minimum absolute atomic E-state index is 0.0463. The van der Waals surface area contributed by atoms with Gasteiger partial charge in [-0.05, 0) is 6.07 Å². The van der Waals surface area contributed by atoms with Crippen molar-refractivity contribution in [2.24, 2.45) is 5.92 Å². The van der Waals surface area contributed by atoms with Crippen LogP contribution in [0.2, 0.25) is 0 Å². The molecule has 0 aliphatic carbocycles. The summed E-state index contributed by atoms with van der Waals surface area (Å²) in [6, 6.07) is 0.0600. The zero-order valence-corrected chi connectivity index (χ0v) is 13.9. The van der Waals surface area contributed by atoms with Crippen LogP contribution in [-0.2, 0) is 14.8 Å². The Kier molecular flexibility index (Phi) is 5.51.